The lowest BCUT2D eigenvalue weighted by Crippen LogP contribution is -2.37. The molecule has 5 nitrogen and oxygen atoms in total. The van der Waals surface area contributed by atoms with Crippen molar-refractivity contribution in [2.75, 3.05) is 25.0 Å². The van der Waals surface area contributed by atoms with Gasteiger partial charge in [-0.2, -0.15) is 8.78 Å². The summed E-state index contributed by atoms with van der Waals surface area (Å²) in [5, 5.41) is 11.4. The Morgan fingerprint density at radius 2 is 2.10 bits per heavy atom. The van der Waals surface area contributed by atoms with E-state index < -0.39 is 12.6 Å². The van der Waals surface area contributed by atoms with E-state index in [4.69, 9.17) is 5.11 Å². The summed E-state index contributed by atoms with van der Waals surface area (Å²) in [5.74, 6) is 0.0105. The third-order valence-electron chi connectivity index (χ3n) is 2.34. The summed E-state index contributed by atoms with van der Waals surface area (Å²) >= 11 is 0. The van der Waals surface area contributed by atoms with Crippen molar-refractivity contribution in [2.24, 2.45) is 0 Å². The van der Waals surface area contributed by atoms with Gasteiger partial charge in [-0.05, 0) is 24.3 Å². The number of carbonyl (C=O) groups excluding carboxylic acids is 1. The maximum Gasteiger partial charge on any atom is 0.387 e. The zero-order valence-electron chi connectivity index (χ0n) is 10.8. The molecule has 0 saturated carbocycles. The Bertz CT molecular complexity index is 438. The highest BCUT2D eigenvalue weighted by molar-refractivity contribution is 5.89. The number of urea groups is 1. The predicted octanol–water partition coefficient (Wildman–Crippen LogP) is 2.30. The standard InChI is InChI=1S/C13H16F2N2O3/c1-2-7-17(8-9-18)13(19)16-10-3-5-11(6-4-10)20-12(14)15/h2-6,12,18H,1,7-9H2,(H,16,19). The molecule has 1 aromatic carbocycles. The fourth-order valence-corrected chi connectivity index (χ4v) is 1.47. The van der Waals surface area contributed by atoms with E-state index in [0.29, 0.717) is 12.2 Å². The van der Waals surface area contributed by atoms with Crippen LogP contribution in [-0.2, 0) is 0 Å². The van der Waals surface area contributed by atoms with E-state index in [-0.39, 0.29) is 18.9 Å². The molecule has 0 atom stereocenters. The minimum atomic E-state index is -2.89. The van der Waals surface area contributed by atoms with Gasteiger partial charge in [0, 0.05) is 18.8 Å². The summed E-state index contributed by atoms with van der Waals surface area (Å²) in [7, 11) is 0. The number of aliphatic hydroxyl groups is 1. The van der Waals surface area contributed by atoms with E-state index in [9.17, 15) is 13.6 Å². The van der Waals surface area contributed by atoms with Gasteiger partial charge in [0.1, 0.15) is 5.75 Å². The molecule has 2 N–H and O–H groups in total. The molecule has 0 unspecified atom stereocenters. The van der Waals surface area contributed by atoms with Crippen LogP contribution in [0.2, 0.25) is 0 Å². The molecule has 0 saturated heterocycles. The molecule has 0 heterocycles. The van der Waals surface area contributed by atoms with Crippen molar-refractivity contribution >= 4 is 11.7 Å². The molecule has 1 aromatic rings. The summed E-state index contributed by atoms with van der Waals surface area (Å²) in [5.41, 5.74) is 0.434. The highest BCUT2D eigenvalue weighted by Crippen LogP contribution is 2.17. The predicted molar refractivity (Wildman–Crippen MR) is 70.9 cm³/mol. The van der Waals surface area contributed by atoms with Crippen LogP contribution in [-0.4, -0.2) is 42.3 Å². The zero-order chi connectivity index (χ0) is 15.0. The third-order valence-corrected chi connectivity index (χ3v) is 2.34. The van der Waals surface area contributed by atoms with Crippen LogP contribution in [0, 0.1) is 0 Å². The lowest BCUT2D eigenvalue weighted by Gasteiger charge is -2.20. The Balaban J connectivity index is 2.62. The zero-order valence-corrected chi connectivity index (χ0v) is 10.8. The largest absolute Gasteiger partial charge is 0.435 e. The molecular weight excluding hydrogens is 270 g/mol. The van der Waals surface area contributed by atoms with Gasteiger partial charge in [0.05, 0.1) is 6.61 Å². The van der Waals surface area contributed by atoms with Crippen LogP contribution < -0.4 is 10.1 Å². The number of nitrogens with zero attached hydrogens (tertiary/aromatic N) is 1. The number of rotatable bonds is 7. The maximum atomic E-state index is 12.0. The topological polar surface area (TPSA) is 61.8 Å². The first-order chi connectivity index (χ1) is 9.56. The highest BCUT2D eigenvalue weighted by Gasteiger charge is 2.11. The SMILES string of the molecule is C=CCN(CCO)C(=O)Nc1ccc(OC(F)F)cc1. The lowest BCUT2D eigenvalue weighted by molar-refractivity contribution is -0.0498. The molecular formula is C13H16F2N2O3. The first kappa shape index (κ1) is 15.9. The smallest absolute Gasteiger partial charge is 0.387 e. The van der Waals surface area contributed by atoms with E-state index in [2.05, 4.69) is 16.6 Å². The average molecular weight is 286 g/mol. The Kier molecular flexibility index (Phi) is 6.45. The van der Waals surface area contributed by atoms with Crippen LogP contribution >= 0.6 is 0 Å². The van der Waals surface area contributed by atoms with Gasteiger partial charge in [0.25, 0.3) is 0 Å². The minimum Gasteiger partial charge on any atom is -0.435 e. The lowest BCUT2D eigenvalue weighted by atomic mass is 10.3. The number of aliphatic hydroxyl groups excluding tert-OH is 1. The molecule has 110 valence electrons. The number of halogens is 2. The molecule has 0 spiro atoms. The maximum absolute atomic E-state index is 12.0. The van der Waals surface area contributed by atoms with Crippen molar-refractivity contribution in [1.82, 2.24) is 4.90 Å². The normalized spacial score (nSPS) is 10.2. The summed E-state index contributed by atoms with van der Waals surface area (Å²) in [6.45, 7) is 0.932. The summed E-state index contributed by atoms with van der Waals surface area (Å²) in [6.07, 6.45) is 1.54. The van der Waals surface area contributed by atoms with E-state index in [0.717, 1.165) is 0 Å². The molecule has 0 aliphatic rings. The second kappa shape index (κ2) is 8.11. The van der Waals surface area contributed by atoms with Crippen molar-refractivity contribution in [3.63, 3.8) is 0 Å². The Hall–Kier alpha value is -2.15. The number of alkyl halides is 2. The molecule has 0 aliphatic carbocycles. The number of hydrogen-bond acceptors (Lipinski definition) is 3. The van der Waals surface area contributed by atoms with Crippen molar-refractivity contribution in [1.29, 1.82) is 0 Å². The van der Waals surface area contributed by atoms with Gasteiger partial charge in [-0.3, -0.25) is 0 Å². The van der Waals surface area contributed by atoms with Gasteiger partial charge >= 0.3 is 12.6 Å². The van der Waals surface area contributed by atoms with Crippen molar-refractivity contribution < 1.29 is 23.4 Å². The summed E-state index contributed by atoms with van der Waals surface area (Å²) in [4.78, 5) is 13.2. The third kappa shape index (κ3) is 5.23. The second-order valence-corrected chi connectivity index (χ2v) is 3.79. The van der Waals surface area contributed by atoms with Gasteiger partial charge < -0.3 is 20.1 Å². The number of nitrogens with one attached hydrogen (secondary N) is 1. The first-order valence-corrected chi connectivity index (χ1v) is 5.89. The van der Waals surface area contributed by atoms with Gasteiger partial charge in [0.2, 0.25) is 0 Å². The van der Waals surface area contributed by atoms with E-state index in [1.54, 1.807) is 0 Å². The van der Waals surface area contributed by atoms with Crippen molar-refractivity contribution in [3.05, 3.63) is 36.9 Å². The molecule has 0 aromatic heterocycles. The number of ether oxygens (including phenoxy) is 1. The van der Waals surface area contributed by atoms with Crippen LogP contribution in [0.25, 0.3) is 0 Å². The molecule has 0 fully saturated rings. The van der Waals surface area contributed by atoms with Crippen LogP contribution in [0.5, 0.6) is 5.75 Å². The molecule has 7 heteroatoms. The molecule has 0 aliphatic heterocycles. The molecule has 20 heavy (non-hydrogen) atoms. The fourth-order valence-electron chi connectivity index (χ4n) is 1.47. The Labute approximate surface area is 115 Å². The summed E-state index contributed by atoms with van der Waals surface area (Å²) in [6, 6.07) is 5.12. The highest BCUT2D eigenvalue weighted by atomic mass is 19.3. The molecule has 1 rings (SSSR count). The number of benzene rings is 1. The minimum absolute atomic E-state index is 0.0105. The number of hydrogen-bond donors (Lipinski definition) is 2. The van der Waals surface area contributed by atoms with Gasteiger partial charge in [0.15, 0.2) is 0 Å². The molecule has 0 bridgehead atoms. The number of anilines is 1. The van der Waals surface area contributed by atoms with E-state index in [1.807, 2.05) is 0 Å². The quantitative estimate of drug-likeness (QED) is 0.756. The molecule has 0 radical (unpaired) electrons. The van der Waals surface area contributed by atoms with Crippen LogP contribution in [0.15, 0.2) is 36.9 Å². The van der Waals surface area contributed by atoms with E-state index in [1.165, 1.54) is 35.2 Å². The molecule has 2 amide bonds. The van der Waals surface area contributed by atoms with Crippen LogP contribution in [0.1, 0.15) is 0 Å². The monoisotopic (exact) mass is 286 g/mol. The summed E-state index contributed by atoms with van der Waals surface area (Å²) < 4.78 is 28.1. The van der Waals surface area contributed by atoms with Gasteiger partial charge in [-0.1, -0.05) is 6.08 Å². The van der Waals surface area contributed by atoms with Gasteiger partial charge in [-0.25, -0.2) is 4.79 Å². The Morgan fingerprint density at radius 3 is 2.60 bits per heavy atom. The number of carbonyl (C=O) groups is 1. The fraction of sp³-hybridized carbons (Fsp3) is 0.308. The average Bonchev–Trinajstić information content (AvgIpc) is 2.40. The second-order valence-electron chi connectivity index (χ2n) is 3.79. The van der Waals surface area contributed by atoms with Crippen LogP contribution in [0.3, 0.4) is 0 Å². The Morgan fingerprint density at radius 1 is 1.45 bits per heavy atom. The first-order valence-electron chi connectivity index (χ1n) is 5.89. The van der Waals surface area contributed by atoms with Crippen LogP contribution in [0.4, 0.5) is 19.3 Å². The van der Waals surface area contributed by atoms with Crippen molar-refractivity contribution in [3.8, 4) is 5.75 Å². The van der Waals surface area contributed by atoms with Crippen molar-refractivity contribution in [2.45, 2.75) is 6.61 Å². The number of amides is 2. The van der Waals surface area contributed by atoms with E-state index >= 15 is 0 Å². The van der Waals surface area contributed by atoms with Gasteiger partial charge in [-0.15, -0.1) is 6.58 Å².